The smallest absolute Gasteiger partial charge is 0.247 e. The summed E-state index contributed by atoms with van der Waals surface area (Å²) < 4.78 is 1.73. The molecule has 1 aromatic rings. The van der Waals surface area contributed by atoms with E-state index < -0.39 is 0 Å². The second-order valence-electron chi connectivity index (χ2n) is 5.56. The van der Waals surface area contributed by atoms with Crippen molar-refractivity contribution in [3.63, 3.8) is 0 Å². The largest absolute Gasteiger partial charge is 0.350 e. The Kier molecular flexibility index (Phi) is 4.77. The van der Waals surface area contributed by atoms with Gasteiger partial charge in [0.2, 0.25) is 5.91 Å². The van der Waals surface area contributed by atoms with Crippen LogP contribution in [0, 0.1) is 0 Å². The van der Waals surface area contributed by atoms with Crippen molar-refractivity contribution in [2.24, 2.45) is 7.05 Å². The Morgan fingerprint density at radius 3 is 2.75 bits per heavy atom. The third-order valence-corrected chi connectivity index (χ3v) is 3.76. The van der Waals surface area contributed by atoms with E-state index in [1.807, 2.05) is 26.2 Å². The second-order valence-corrected chi connectivity index (χ2v) is 5.56. The fraction of sp³-hybridized carbons (Fsp3) is 0.500. The number of hydrogen-bond donors (Lipinski definition) is 1. The van der Waals surface area contributed by atoms with Crippen molar-refractivity contribution in [2.45, 2.75) is 45.1 Å². The summed E-state index contributed by atoms with van der Waals surface area (Å²) in [6.45, 7) is 5.83. The van der Waals surface area contributed by atoms with E-state index in [4.69, 9.17) is 0 Å². The van der Waals surface area contributed by atoms with E-state index in [0.717, 1.165) is 24.0 Å². The predicted molar refractivity (Wildman–Crippen MR) is 81.0 cm³/mol. The molecular weight excluding hydrogens is 250 g/mol. The molecule has 0 radical (unpaired) electrons. The number of aromatic nitrogens is 2. The van der Waals surface area contributed by atoms with Crippen LogP contribution in [0.1, 0.15) is 44.6 Å². The van der Waals surface area contributed by atoms with Gasteiger partial charge in [0.1, 0.15) is 0 Å². The Morgan fingerprint density at radius 1 is 1.45 bits per heavy atom. The summed E-state index contributed by atoms with van der Waals surface area (Å²) in [6, 6.07) is 0.339. The van der Waals surface area contributed by atoms with Crippen molar-refractivity contribution in [3.8, 4) is 0 Å². The molecule has 1 heterocycles. The zero-order valence-corrected chi connectivity index (χ0v) is 12.4. The minimum Gasteiger partial charge on any atom is -0.350 e. The normalized spacial score (nSPS) is 17.0. The summed E-state index contributed by atoms with van der Waals surface area (Å²) in [4.78, 5) is 12.1. The van der Waals surface area contributed by atoms with E-state index in [9.17, 15) is 4.79 Å². The second kappa shape index (κ2) is 6.55. The highest BCUT2D eigenvalue weighted by Gasteiger charge is 2.16. The van der Waals surface area contributed by atoms with E-state index in [-0.39, 0.29) is 5.91 Å². The van der Waals surface area contributed by atoms with Crippen molar-refractivity contribution >= 4 is 11.5 Å². The van der Waals surface area contributed by atoms with Crippen molar-refractivity contribution in [1.29, 1.82) is 0 Å². The molecule has 1 aliphatic carbocycles. The molecular formula is C16H23N3O. The molecule has 4 nitrogen and oxygen atoms in total. The van der Waals surface area contributed by atoms with Crippen LogP contribution in [0.4, 0.5) is 0 Å². The molecule has 1 N–H and O–H groups in total. The lowest BCUT2D eigenvalue weighted by molar-refractivity contribution is -0.118. The third-order valence-electron chi connectivity index (χ3n) is 3.76. The zero-order valence-electron chi connectivity index (χ0n) is 12.4. The monoisotopic (exact) mass is 273 g/mol. The average molecular weight is 273 g/mol. The van der Waals surface area contributed by atoms with Crippen LogP contribution < -0.4 is 5.32 Å². The van der Waals surface area contributed by atoms with Gasteiger partial charge in [0.05, 0.1) is 6.20 Å². The van der Waals surface area contributed by atoms with Crippen LogP contribution in [0.2, 0.25) is 0 Å². The Morgan fingerprint density at radius 2 is 2.15 bits per heavy atom. The first-order chi connectivity index (χ1) is 9.56. The lowest BCUT2D eigenvalue weighted by atomic mass is 9.95. The molecule has 0 saturated heterocycles. The molecule has 1 aromatic heterocycles. The first-order valence-electron chi connectivity index (χ1n) is 7.23. The Hall–Kier alpha value is -1.84. The fourth-order valence-corrected chi connectivity index (χ4v) is 2.54. The highest BCUT2D eigenvalue weighted by molar-refractivity contribution is 5.95. The van der Waals surface area contributed by atoms with Gasteiger partial charge < -0.3 is 5.32 Å². The number of nitrogens with one attached hydrogen (secondary N) is 1. The molecule has 0 spiro atoms. The van der Waals surface area contributed by atoms with Crippen LogP contribution in [-0.4, -0.2) is 21.7 Å². The Labute approximate surface area is 120 Å². The van der Waals surface area contributed by atoms with Crippen molar-refractivity contribution in [2.75, 3.05) is 0 Å². The summed E-state index contributed by atoms with van der Waals surface area (Å²) in [5.74, 6) is 0.0157. The topological polar surface area (TPSA) is 46.9 Å². The highest BCUT2D eigenvalue weighted by atomic mass is 16.1. The summed E-state index contributed by atoms with van der Waals surface area (Å²) >= 11 is 0. The number of rotatable bonds is 4. The molecule has 0 bridgehead atoms. The SMILES string of the molecule is C=C(/C=C(\C)C(=O)NC1CCCCC1)c1cnn(C)c1. The van der Waals surface area contributed by atoms with Gasteiger partial charge in [0.15, 0.2) is 0 Å². The number of nitrogens with zero attached hydrogens (tertiary/aromatic N) is 2. The Balaban J connectivity index is 1.94. The van der Waals surface area contributed by atoms with Gasteiger partial charge in [-0.1, -0.05) is 25.8 Å². The summed E-state index contributed by atoms with van der Waals surface area (Å²) in [7, 11) is 1.86. The van der Waals surface area contributed by atoms with Crippen molar-refractivity contribution in [1.82, 2.24) is 15.1 Å². The minimum atomic E-state index is 0.0157. The standard InChI is InChI=1S/C16H23N3O/c1-12(14-10-17-19(3)11-14)9-13(2)16(20)18-15-7-5-4-6-8-15/h9-11,15H,1,4-8H2,2-3H3,(H,18,20)/b13-9+. The maximum atomic E-state index is 12.1. The number of carbonyl (C=O) groups excluding carboxylic acids is 1. The summed E-state index contributed by atoms with van der Waals surface area (Å²) in [5.41, 5.74) is 2.45. The van der Waals surface area contributed by atoms with Crippen LogP contribution in [0.5, 0.6) is 0 Å². The molecule has 1 aliphatic rings. The van der Waals surface area contributed by atoms with E-state index in [1.165, 1.54) is 19.3 Å². The molecule has 1 saturated carbocycles. The maximum Gasteiger partial charge on any atom is 0.247 e. The number of aryl methyl sites for hydroxylation is 1. The van der Waals surface area contributed by atoms with Gasteiger partial charge in [-0.05, 0) is 31.4 Å². The fourth-order valence-electron chi connectivity index (χ4n) is 2.54. The molecule has 0 atom stereocenters. The first-order valence-corrected chi connectivity index (χ1v) is 7.23. The Bertz CT molecular complexity index is 522. The molecule has 20 heavy (non-hydrogen) atoms. The highest BCUT2D eigenvalue weighted by Crippen LogP contribution is 2.18. The summed E-state index contributed by atoms with van der Waals surface area (Å²) in [5, 5.41) is 7.22. The summed E-state index contributed by atoms with van der Waals surface area (Å²) in [6.07, 6.45) is 11.4. The third kappa shape index (κ3) is 3.83. The molecule has 0 unspecified atom stereocenters. The quantitative estimate of drug-likeness (QED) is 0.677. The van der Waals surface area contributed by atoms with E-state index in [0.29, 0.717) is 11.6 Å². The lowest BCUT2D eigenvalue weighted by Gasteiger charge is -2.22. The molecule has 1 fully saturated rings. The van der Waals surface area contributed by atoms with Crippen molar-refractivity contribution < 1.29 is 4.79 Å². The van der Waals surface area contributed by atoms with E-state index in [2.05, 4.69) is 17.0 Å². The van der Waals surface area contributed by atoms with Gasteiger partial charge in [-0.15, -0.1) is 0 Å². The van der Waals surface area contributed by atoms with Gasteiger partial charge in [-0.3, -0.25) is 9.48 Å². The van der Waals surface area contributed by atoms with Crippen LogP contribution in [0.15, 0.2) is 30.6 Å². The van der Waals surface area contributed by atoms with Crippen LogP contribution in [0.3, 0.4) is 0 Å². The van der Waals surface area contributed by atoms with Crippen LogP contribution >= 0.6 is 0 Å². The van der Waals surface area contributed by atoms with Gasteiger partial charge in [0.25, 0.3) is 0 Å². The van der Waals surface area contributed by atoms with Gasteiger partial charge in [0, 0.05) is 30.4 Å². The molecule has 108 valence electrons. The average Bonchev–Trinajstić information content (AvgIpc) is 2.86. The maximum absolute atomic E-state index is 12.1. The van der Waals surface area contributed by atoms with Gasteiger partial charge in [-0.25, -0.2) is 0 Å². The van der Waals surface area contributed by atoms with Gasteiger partial charge >= 0.3 is 0 Å². The van der Waals surface area contributed by atoms with E-state index >= 15 is 0 Å². The first kappa shape index (κ1) is 14.6. The lowest BCUT2D eigenvalue weighted by Crippen LogP contribution is -2.36. The van der Waals surface area contributed by atoms with Crippen LogP contribution in [-0.2, 0) is 11.8 Å². The van der Waals surface area contributed by atoms with Crippen molar-refractivity contribution in [3.05, 3.63) is 36.2 Å². The molecule has 0 aromatic carbocycles. The number of hydrogen-bond acceptors (Lipinski definition) is 2. The molecule has 2 rings (SSSR count). The zero-order chi connectivity index (χ0) is 14.5. The molecule has 1 amide bonds. The number of amides is 1. The van der Waals surface area contributed by atoms with E-state index in [1.54, 1.807) is 10.9 Å². The number of allylic oxidation sites excluding steroid dienone is 2. The minimum absolute atomic E-state index is 0.0157. The van der Waals surface area contributed by atoms with Crippen LogP contribution in [0.25, 0.3) is 5.57 Å². The molecule has 4 heteroatoms. The number of carbonyl (C=O) groups is 1. The molecule has 0 aliphatic heterocycles. The van der Waals surface area contributed by atoms with Gasteiger partial charge in [-0.2, -0.15) is 5.10 Å². The predicted octanol–water partition coefficient (Wildman–Crippen LogP) is 2.83.